The van der Waals surface area contributed by atoms with Gasteiger partial charge in [0, 0.05) is 35.2 Å². The molecule has 0 heterocycles. The summed E-state index contributed by atoms with van der Waals surface area (Å²) in [5.74, 6) is -3.72. The van der Waals surface area contributed by atoms with Crippen LogP contribution in [0.5, 0.6) is 5.75 Å². The number of hydrogen-bond acceptors (Lipinski definition) is 12. The van der Waals surface area contributed by atoms with E-state index in [1.54, 1.807) is 0 Å². The number of nitrogens with one attached hydrogen (secondary N) is 1. The largest absolute Gasteiger partial charge is 0.507 e. The monoisotopic (exact) mass is 791 g/mol. The molecule has 0 aliphatic carbocycles. The van der Waals surface area contributed by atoms with Gasteiger partial charge in [0.1, 0.15) is 15.5 Å². The number of amides is 2. The van der Waals surface area contributed by atoms with Crippen LogP contribution in [0.4, 0.5) is 22.7 Å². The fourth-order valence-electron chi connectivity index (χ4n) is 4.94. The van der Waals surface area contributed by atoms with Crippen molar-refractivity contribution < 1.29 is 62.0 Å². The Kier molecular flexibility index (Phi) is 10.6. The summed E-state index contributed by atoms with van der Waals surface area (Å²) in [5, 5.41) is 11.7. The van der Waals surface area contributed by atoms with E-state index in [1.165, 1.54) is 24.3 Å². The van der Waals surface area contributed by atoms with E-state index >= 15 is 0 Å². The molecule has 0 atom stereocenters. The molecule has 4 rings (SSSR count). The van der Waals surface area contributed by atoms with Crippen LogP contribution in [-0.2, 0) is 50.7 Å². The maximum absolute atomic E-state index is 13.4. The molecule has 50 heavy (non-hydrogen) atoms. The molecule has 2 amide bonds. The number of anilines is 4. The number of sulfone groups is 1. The standard InChI is InChI=1S/C28H26ClN3O14S4/c1-15(33)32(22-8-6-19-20(27(22)50(44,45)46)12-18(13-23(19)34)48(38,39)40)26-21(7-9-24(25(26)30)49(41,42)43)31-28(35)17-4-2-16(3-5-17)14-47(36,37)11-10-29/h2-9,12-13,34H,10-11,14,30H2,1H3,(H,31,35)(H,38,39,40)(H,41,42,43)(H,44,45,46). The van der Waals surface area contributed by atoms with Crippen LogP contribution in [0, 0.1) is 0 Å². The number of carbonyl (C=O) groups excluding carboxylic acids is 2. The summed E-state index contributed by atoms with van der Waals surface area (Å²) in [7, 11) is -19.3. The molecule has 0 aliphatic rings. The first-order chi connectivity index (χ1) is 23.0. The smallest absolute Gasteiger partial charge is 0.297 e. The van der Waals surface area contributed by atoms with Crippen LogP contribution in [0.2, 0.25) is 0 Å². The Hall–Kier alpha value is -4.35. The van der Waals surface area contributed by atoms with Gasteiger partial charge in [-0.15, -0.1) is 11.6 Å². The Morgan fingerprint density at radius 1 is 0.820 bits per heavy atom. The Labute approximate surface area is 290 Å². The van der Waals surface area contributed by atoms with Crippen LogP contribution < -0.4 is 16.0 Å². The van der Waals surface area contributed by atoms with Crippen LogP contribution in [0.1, 0.15) is 22.8 Å². The Balaban J connectivity index is 1.98. The number of nitrogen functional groups attached to an aromatic ring is 1. The van der Waals surface area contributed by atoms with E-state index in [0.29, 0.717) is 22.6 Å². The Bertz CT molecular complexity index is 2510. The van der Waals surface area contributed by atoms with Gasteiger partial charge in [-0.2, -0.15) is 25.3 Å². The maximum atomic E-state index is 13.4. The summed E-state index contributed by atoms with van der Waals surface area (Å²) in [5.41, 5.74) is 3.44. The van der Waals surface area contributed by atoms with Crippen molar-refractivity contribution in [1.29, 1.82) is 0 Å². The van der Waals surface area contributed by atoms with Crippen molar-refractivity contribution in [1.82, 2.24) is 0 Å². The molecule has 268 valence electrons. The molecule has 17 nitrogen and oxygen atoms in total. The lowest BCUT2D eigenvalue weighted by atomic mass is 10.1. The van der Waals surface area contributed by atoms with E-state index in [0.717, 1.165) is 31.2 Å². The van der Waals surface area contributed by atoms with Gasteiger partial charge in [0.05, 0.1) is 39.2 Å². The molecule has 7 N–H and O–H groups in total. The third-order valence-electron chi connectivity index (χ3n) is 7.05. The summed E-state index contributed by atoms with van der Waals surface area (Å²) in [6.07, 6.45) is 0. The highest BCUT2D eigenvalue weighted by atomic mass is 35.5. The summed E-state index contributed by atoms with van der Waals surface area (Å²) >= 11 is 5.52. The molecule has 4 aromatic rings. The van der Waals surface area contributed by atoms with Crippen LogP contribution in [0.25, 0.3) is 10.8 Å². The van der Waals surface area contributed by atoms with Crippen molar-refractivity contribution >= 4 is 97.1 Å². The number of nitrogens with two attached hydrogens (primary N) is 1. The zero-order valence-electron chi connectivity index (χ0n) is 25.3. The van der Waals surface area contributed by atoms with Crippen LogP contribution >= 0.6 is 11.6 Å². The van der Waals surface area contributed by atoms with Crippen LogP contribution in [0.15, 0.2) is 75.4 Å². The summed E-state index contributed by atoms with van der Waals surface area (Å²) < 4.78 is 128. The number of phenolic OH excluding ortho intramolecular Hbond substituents is 1. The molecule has 0 unspecified atom stereocenters. The Morgan fingerprint density at radius 2 is 1.44 bits per heavy atom. The second-order valence-electron chi connectivity index (χ2n) is 10.5. The Morgan fingerprint density at radius 3 is 1.96 bits per heavy atom. The molecule has 0 aromatic heterocycles. The van der Waals surface area contributed by atoms with E-state index in [9.17, 15) is 62.0 Å². The molecule has 0 fully saturated rings. The molecule has 0 saturated heterocycles. The number of phenols is 1. The van der Waals surface area contributed by atoms with Gasteiger partial charge in [-0.05, 0) is 48.0 Å². The van der Waals surface area contributed by atoms with Crippen LogP contribution in [-0.4, -0.2) is 75.9 Å². The number of fused-ring (bicyclic) bond motifs is 1. The molecule has 0 aliphatic heterocycles. The molecular weight excluding hydrogens is 766 g/mol. The van der Waals surface area contributed by atoms with Gasteiger partial charge in [0.15, 0.2) is 9.84 Å². The first-order valence-corrected chi connectivity index (χ1v) is 20.3. The first kappa shape index (κ1) is 38.5. The molecule has 0 bridgehead atoms. The lowest BCUT2D eigenvalue weighted by Gasteiger charge is -2.28. The van der Waals surface area contributed by atoms with Gasteiger partial charge in [-0.3, -0.25) is 28.1 Å². The third kappa shape index (κ3) is 8.16. The first-order valence-electron chi connectivity index (χ1n) is 13.6. The number of benzene rings is 4. The third-order valence-corrected chi connectivity index (χ3v) is 11.7. The zero-order valence-corrected chi connectivity index (χ0v) is 29.3. The summed E-state index contributed by atoms with van der Waals surface area (Å²) in [4.78, 5) is 23.9. The maximum Gasteiger partial charge on any atom is 0.297 e. The van der Waals surface area contributed by atoms with Crippen molar-refractivity contribution in [2.24, 2.45) is 0 Å². The SMILES string of the molecule is CC(=O)N(c1ccc2c(O)cc(S(=O)(=O)O)cc2c1S(=O)(=O)O)c1c(NC(=O)c2ccc(CS(=O)(=O)CCCl)cc2)ccc(S(=O)(=O)O)c1N. The minimum atomic E-state index is -5.50. The fourth-order valence-corrected chi connectivity index (χ4v) is 8.74. The predicted molar refractivity (Wildman–Crippen MR) is 181 cm³/mol. The number of aromatic hydroxyl groups is 1. The lowest BCUT2D eigenvalue weighted by molar-refractivity contribution is -0.115. The van der Waals surface area contributed by atoms with Gasteiger partial charge in [0.25, 0.3) is 36.3 Å². The van der Waals surface area contributed by atoms with Gasteiger partial charge in [0.2, 0.25) is 5.91 Å². The van der Waals surface area contributed by atoms with Crippen molar-refractivity contribution in [3.8, 4) is 5.75 Å². The topological polar surface area (TPSA) is 293 Å². The van der Waals surface area contributed by atoms with E-state index in [2.05, 4.69) is 5.32 Å². The van der Waals surface area contributed by atoms with Crippen molar-refractivity contribution in [3.63, 3.8) is 0 Å². The molecule has 0 saturated carbocycles. The molecule has 0 spiro atoms. The lowest BCUT2D eigenvalue weighted by Crippen LogP contribution is -2.28. The normalized spacial score (nSPS) is 12.5. The number of nitrogens with zero attached hydrogens (tertiary/aromatic N) is 1. The fraction of sp³-hybridized carbons (Fsp3) is 0.143. The second kappa shape index (κ2) is 13.8. The van der Waals surface area contributed by atoms with E-state index in [4.69, 9.17) is 17.3 Å². The number of halogens is 1. The van der Waals surface area contributed by atoms with Crippen LogP contribution in [0.3, 0.4) is 0 Å². The van der Waals surface area contributed by atoms with E-state index in [1.807, 2.05) is 0 Å². The highest BCUT2D eigenvalue weighted by molar-refractivity contribution is 7.90. The number of carbonyl (C=O) groups is 2. The second-order valence-corrected chi connectivity index (χ2v) is 17.3. The number of hydrogen-bond donors (Lipinski definition) is 6. The van der Waals surface area contributed by atoms with Crippen molar-refractivity contribution in [2.45, 2.75) is 27.4 Å². The highest BCUT2D eigenvalue weighted by Gasteiger charge is 2.33. The van der Waals surface area contributed by atoms with Gasteiger partial charge in [-0.25, -0.2) is 8.42 Å². The summed E-state index contributed by atoms with van der Waals surface area (Å²) in [6.45, 7) is 0.839. The van der Waals surface area contributed by atoms with Crippen molar-refractivity contribution in [3.05, 3.63) is 71.8 Å². The van der Waals surface area contributed by atoms with Gasteiger partial charge >= 0.3 is 0 Å². The molecule has 0 radical (unpaired) electrons. The molecule has 4 aromatic carbocycles. The average Bonchev–Trinajstić information content (AvgIpc) is 2.96. The van der Waals surface area contributed by atoms with Gasteiger partial charge < -0.3 is 16.2 Å². The predicted octanol–water partition coefficient (Wildman–Crippen LogP) is 2.96. The van der Waals surface area contributed by atoms with Crippen molar-refractivity contribution in [2.75, 3.05) is 27.6 Å². The van der Waals surface area contributed by atoms with E-state index in [-0.39, 0.29) is 28.3 Å². The number of rotatable bonds is 11. The molecule has 22 heteroatoms. The van der Waals surface area contributed by atoms with E-state index < -0.39 is 101 Å². The minimum absolute atomic E-state index is 0.0845. The quantitative estimate of drug-likeness (QED) is 0.0723. The average molecular weight is 792 g/mol. The summed E-state index contributed by atoms with van der Waals surface area (Å²) in [6, 6.07) is 9.83. The van der Waals surface area contributed by atoms with Gasteiger partial charge in [-0.1, -0.05) is 12.1 Å². The minimum Gasteiger partial charge on any atom is -0.507 e. The number of alkyl halides is 1. The molecular formula is C28H26ClN3O14S4. The zero-order chi connectivity index (χ0) is 37.6. The highest BCUT2D eigenvalue weighted by Crippen LogP contribution is 2.46.